The third-order valence-corrected chi connectivity index (χ3v) is 4.27. The smallest absolute Gasteiger partial charge is 0.398 e. The van der Waals surface area contributed by atoms with Crippen LogP contribution < -0.4 is 5.73 Å². The second-order valence-electron chi connectivity index (χ2n) is 4.61. The van der Waals surface area contributed by atoms with Gasteiger partial charge in [-0.1, -0.05) is 6.07 Å². The molecule has 1 aromatic carbocycles. The van der Waals surface area contributed by atoms with E-state index in [1.807, 2.05) is 13.0 Å². The van der Waals surface area contributed by atoms with Crippen LogP contribution in [-0.4, -0.2) is 9.19 Å². The fourth-order valence-corrected chi connectivity index (χ4v) is 3.02. The molecular weight excluding hydrogens is 301 g/mol. The van der Waals surface area contributed by atoms with Crippen molar-refractivity contribution in [1.82, 2.24) is 4.98 Å². The van der Waals surface area contributed by atoms with E-state index in [0.717, 1.165) is 29.3 Å². The fourth-order valence-electron chi connectivity index (χ4n) is 1.86. The summed E-state index contributed by atoms with van der Waals surface area (Å²) in [5, 5.41) is 0. The predicted molar refractivity (Wildman–Crippen MR) is 74.9 cm³/mol. The van der Waals surface area contributed by atoms with Crippen LogP contribution in [0.5, 0.6) is 0 Å². The Labute approximate surface area is 122 Å². The number of rotatable bonds is 3. The van der Waals surface area contributed by atoms with Gasteiger partial charge in [0.25, 0.3) is 0 Å². The minimum absolute atomic E-state index is 0.122. The molecule has 0 aliphatic carbocycles. The van der Waals surface area contributed by atoms with Gasteiger partial charge in [-0.25, -0.2) is 0 Å². The van der Waals surface area contributed by atoms with Crippen LogP contribution in [0.25, 0.3) is 0 Å². The number of alkyl halides is 3. The molecule has 0 bridgehead atoms. The summed E-state index contributed by atoms with van der Waals surface area (Å²) in [5.74, 6) is 0.157. The lowest BCUT2D eigenvalue weighted by molar-refractivity contribution is -0.137. The summed E-state index contributed by atoms with van der Waals surface area (Å²) in [5.41, 5.74) is 6.29. The summed E-state index contributed by atoms with van der Waals surface area (Å²) in [6, 6.07) is 4.68. The van der Waals surface area contributed by atoms with E-state index >= 15 is 0 Å². The zero-order valence-corrected chi connectivity index (χ0v) is 12.0. The molecule has 0 saturated carbocycles. The molecule has 2 rings (SSSR count). The lowest BCUT2D eigenvalue weighted by atomic mass is 10.2. The largest absolute Gasteiger partial charge is 0.416 e. The van der Waals surface area contributed by atoms with Crippen LogP contribution in [0, 0.1) is 6.92 Å². The highest BCUT2D eigenvalue weighted by atomic mass is 32.2. The first-order chi connectivity index (χ1) is 9.77. The van der Waals surface area contributed by atoms with E-state index in [9.17, 15) is 17.4 Å². The molecule has 7 heteroatoms. The van der Waals surface area contributed by atoms with Crippen molar-refractivity contribution in [2.24, 2.45) is 0 Å². The lowest BCUT2D eigenvalue weighted by Crippen LogP contribution is -2.08. The van der Waals surface area contributed by atoms with Crippen LogP contribution in [0.2, 0.25) is 0 Å². The normalized spacial score (nSPS) is 13.1. The summed E-state index contributed by atoms with van der Waals surface area (Å²) in [7, 11) is -1.52. The lowest BCUT2D eigenvalue weighted by Gasteiger charge is -2.10. The molecule has 2 N–H and O–H groups in total. The second kappa shape index (κ2) is 5.85. The van der Waals surface area contributed by atoms with Crippen LogP contribution in [-0.2, 0) is 22.7 Å². The number of nitrogen functional groups attached to an aromatic ring is 1. The van der Waals surface area contributed by atoms with Gasteiger partial charge >= 0.3 is 6.18 Å². The number of hydrogen-bond donors (Lipinski definition) is 1. The van der Waals surface area contributed by atoms with Crippen molar-refractivity contribution in [2.45, 2.75) is 23.7 Å². The Kier molecular flexibility index (Phi) is 4.32. The number of halogens is 3. The predicted octanol–water partition coefficient (Wildman–Crippen LogP) is 3.30. The molecule has 1 unspecified atom stereocenters. The van der Waals surface area contributed by atoms with Gasteiger partial charge in [0.05, 0.1) is 27.0 Å². The van der Waals surface area contributed by atoms with Crippen molar-refractivity contribution in [3.8, 4) is 0 Å². The zero-order valence-electron chi connectivity index (χ0n) is 11.1. The first-order valence-electron chi connectivity index (χ1n) is 6.03. The third kappa shape index (κ3) is 3.81. The molecule has 1 atom stereocenters. The number of anilines is 1. The van der Waals surface area contributed by atoms with Gasteiger partial charge in [-0.15, -0.1) is 0 Å². The number of nitrogens with two attached hydrogens (primary N) is 1. The zero-order chi connectivity index (χ0) is 15.6. The molecule has 21 heavy (non-hydrogen) atoms. The van der Waals surface area contributed by atoms with E-state index in [0.29, 0.717) is 0 Å². The number of benzene rings is 1. The van der Waals surface area contributed by atoms with E-state index in [1.165, 1.54) is 0 Å². The summed E-state index contributed by atoms with van der Waals surface area (Å²) in [6.07, 6.45) is -1.22. The number of hydrogen-bond acceptors (Lipinski definition) is 3. The second-order valence-corrected chi connectivity index (χ2v) is 6.03. The fraction of sp³-hybridized carbons (Fsp3) is 0.214. The highest BCUT2D eigenvalue weighted by Crippen LogP contribution is 2.32. The standard InChI is InChI=1S/C14H13F3N2OS/c1-9-4-10(7-19-6-9)8-21(20)13-3-2-11(5-12(13)18)14(15,16)17/h2-7H,8,18H2,1H3. The maximum Gasteiger partial charge on any atom is 0.416 e. The van der Waals surface area contributed by atoms with Gasteiger partial charge in [0.1, 0.15) is 0 Å². The number of aromatic nitrogens is 1. The maximum atomic E-state index is 12.6. The monoisotopic (exact) mass is 314 g/mol. The highest BCUT2D eigenvalue weighted by molar-refractivity contribution is 7.84. The molecule has 1 aromatic heterocycles. The molecule has 0 radical (unpaired) electrons. The van der Waals surface area contributed by atoms with Crippen molar-refractivity contribution >= 4 is 16.5 Å². The molecule has 0 fully saturated rings. The van der Waals surface area contributed by atoms with E-state index in [2.05, 4.69) is 4.98 Å². The number of pyridine rings is 1. The Morgan fingerprint density at radius 1 is 1.24 bits per heavy atom. The van der Waals surface area contributed by atoms with Gasteiger partial charge < -0.3 is 5.73 Å². The van der Waals surface area contributed by atoms with Crippen molar-refractivity contribution in [1.29, 1.82) is 0 Å². The van der Waals surface area contributed by atoms with Crippen LogP contribution in [0.1, 0.15) is 16.7 Å². The van der Waals surface area contributed by atoms with Crippen molar-refractivity contribution in [3.05, 3.63) is 53.3 Å². The number of nitrogens with zero attached hydrogens (tertiary/aromatic N) is 1. The van der Waals surface area contributed by atoms with E-state index in [-0.39, 0.29) is 16.3 Å². The summed E-state index contributed by atoms with van der Waals surface area (Å²) in [4.78, 5) is 4.18. The van der Waals surface area contributed by atoms with Crippen molar-refractivity contribution < 1.29 is 17.4 Å². The van der Waals surface area contributed by atoms with E-state index in [1.54, 1.807) is 12.4 Å². The van der Waals surface area contributed by atoms with Crippen molar-refractivity contribution in [3.63, 3.8) is 0 Å². The molecule has 1 heterocycles. The SMILES string of the molecule is Cc1cncc(CS(=O)c2ccc(C(F)(F)F)cc2N)c1. The minimum atomic E-state index is -4.46. The Morgan fingerprint density at radius 2 is 1.95 bits per heavy atom. The van der Waals surface area contributed by atoms with Gasteiger partial charge in [0.15, 0.2) is 0 Å². The first-order valence-corrected chi connectivity index (χ1v) is 7.35. The first kappa shape index (κ1) is 15.5. The van der Waals surface area contributed by atoms with Crippen LogP contribution in [0.3, 0.4) is 0 Å². The number of aryl methyl sites for hydroxylation is 1. The van der Waals surface area contributed by atoms with Gasteiger partial charge in [-0.3, -0.25) is 9.19 Å². The van der Waals surface area contributed by atoms with Crippen LogP contribution in [0.4, 0.5) is 18.9 Å². The van der Waals surface area contributed by atoms with Gasteiger partial charge in [-0.05, 0) is 36.2 Å². The molecule has 0 aliphatic rings. The van der Waals surface area contributed by atoms with Gasteiger partial charge in [0, 0.05) is 18.1 Å². The van der Waals surface area contributed by atoms with Crippen LogP contribution >= 0.6 is 0 Å². The van der Waals surface area contributed by atoms with Crippen LogP contribution in [0.15, 0.2) is 41.6 Å². The van der Waals surface area contributed by atoms with E-state index in [4.69, 9.17) is 5.73 Å². The molecule has 0 saturated heterocycles. The Balaban J connectivity index is 2.24. The molecule has 0 aliphatic heterocycles. The topological polar surface area (TPSA) is 56.0 Å². The Bertz CT molecular complexity index is 686. The maximum absolute atomic E-state index is 12.6. The Hall–Kier alpha value is -1.89. The molecule has 2 aromatic rings. The van der Waals surface area contributed by atoms with Gasteiger partial charge in [-0.2, -0.15) is 13.2 Å². The third-order valence-electron chi connectivity index (χ3n) is 2.81. The molecule has 3 nitrogen and oxygen atoms in total. The van der Waals surface area contributed by atoms with Gasteiger partial charge in [0.2, 0.25) is 0 Å². The summed E-state index contributed by atoms with van der Waals surface area (Å²) in [6.45, 7) is 1.85. The average Bonchev–Trinajstić information content (AvgIpc) is 2.37. The molecule has 112 valence electrons. The summed E-state index contributed by atoms with van der Waals surface area (Å²) < 4.78 is 49.9. The minimum Gasteiger partial charge on any atom is -0.398 e. The quantitative estimate of drug-likeness (QED) is 0.884. The molecular formula is C14H13F3N2OS. The molecule has 0 spiro atoms. The van der Waals surface area contributed by atoms with E-state index < -0.39 is 22.5 Å². The molecule has 0 amide bonds. The highest BCUT2D eigenvalue weighted by Gasteiger charge is 2.31. The average molecular weight is 314 g/mol. The Morgan fingerprint density at radius 3 is 2.52 bits per heavy atom. The van der Waals surface area contributed by atoms with Crippen molar-refractivity contribution in [2.75, 3.05) is 5.73 Å². The summed E-state index contributed by atoms with van der Waals surface area (Å²) >= 11 is 0.